The fraction of sp³-hybridized carbons (Fsp3) is 0.154. The Hall–Kier alpha value is -1.86. The van der Waals surface area contributed by atoms with Crippen LogP contribution in [-0.4, -0.2) is 10.2 Å². The largest absolute Gasteiger partial charge is 0.192 e. The third kappa shape index (κ3) is 2.83. The van der Waals surface area contributed by atoms with Gasteiger partial charge in [-0.15, -0.1) is 5.10 Å². The van der Waals surface area contributed by atoms with Crippen LogP contribution < -0.4 is 0 Å². The summed E-state index contributed by atoms with van der Waals surface area (Å²) in [6, 6.07) is 12.0. The molecular weight excluding hydrogens is 230 g/mol. The fourth-order valence-electron chi connectivity index (χ4n) is 1.43. The van der Waals surface area contributed by atoms with Crippen molar-refractivity contribution in [1.82, 2.24) is 10.2 Å². The summed E-state index contributed by atoms with van der Waals surface area (Å²) in [4.78, 5) is 0. The van der Waals surface area contributed by atoms with Crippen LogP contribution in [0.5, 0.6) is 0 Å². The third-order valence-corrected chi connectivity index (χ3v) is 3.46. The van der Waals surface area contributed by atoms with Crippen molar-refractivity contribution in [3.8, 4) is 6.07 Å². The maximum atomic E-state index is 8.94. The molecule has 0 atom stereocenters. The monoisotopic (exact) mass is 241 g/mol. The van der Waals surface area contributed by atoms with Gasteiger partial charge < -0.3 is 0 Å². The Kier molecular flexibility index (Phi) is 3.73. The van der Waals surface area contributed by atoms with E-state index in [1.54, 1.807) is 17.8 Å². The van der Waals surface area contributed by atoms with Gasteiger partial charge in [-0.25, -0.2) is 0 Å². The summed E-state index contributed by atoms with van der Waals surface area (Å²) in [6.07, 6.45) is 1.54. The maximum Gasteiger partial charge on any atom is 0.137 e. The average Bonchev–Trinajstić information content (AvgIpc) is 2.38. The quantitative estimate of drug-likeness (QED) is 0.775. The van der Waals surface area contributed by atoms with E-state index in [-0.39, 0.29) is 0 Å². The molecule has 4 heteroatoms. The van der Waals surface area contributed by atoms with Crippen molar-refractivity contribution < 1.29 is 0 Å². The second-order valence-corrected chi connectivity index (χ2v) is 4.54. The Morgan fingerprint density at radius 2 is 2.12 bits per heavy atom. The second-order valence-electron chi connectivity index (χ2n) is 3.58. The predicted molar refractivity (Wildman–Crippen MR) is 67.5 cm³/mol. The van der Waals surface area contributed by atoms with Crippen molar-refractivity contribution in [1.29, 1.82) is 5.26 Å². The molecule has 0 amide bonds. The molecule has 1 aromatic heterocycles. The number of nitriles is 1. The molecule has 0 aliphatic heterocycles. The van der Waals surface area contributed by atoms with Crippen LogP contribution in [0.2, 0.25) is 0 Å². The lowest BCUT2D eigenvalue weighted by Crippen LogP contribution is -1.91. The zero-order chi connectivity index (χ0) is 12.1. The second kappa shape index (κ2) is 5.46. The van der Waals surface area contributed by atoms with Gasteiger partial charge in [-0.3, -0.25) is 0 Å². The van der Waals surface area contributed by atoms with Crippen LogP contribution in [0, 0.1) is 18.3 Å². The molecule has 3 nitrogen and oxygen atoms in total. The third-order valence-electron chi connectivity index (χ3n) is 2.43. The first-order valence-corrected chi connectivity index (χ1v) is 6.19. The summed E-state index contributed by atoms with van der Waals surface area (Å²) in [5.41, 5.74) is 3.09. The Bertz CT molecular complexity index is 561. The number of rotatable bonds is 3. The van der Waals surface area contributed by atoms with Crippen LogP contribution in [0.25, 0.3) is 0 Å². The normalized spacial score (nSPS) is 9.88. The molecular formula is C13H11N3S. The Labute approximate surface area is 105 Å². The molecule has 0 radical (unpaired) electrons. The number of aromatic nitrogens is 2. The van der Waals surface area contributed by atoms with E-state index in [0.717, 1.165) is 5.75 Å². The molecule has 2 rings (SSSR count). The number of hydrogen-bond donors (Lipinski definition) is 0. The van der Waals surface area contributed by atoms with Crippen LogP contribution in [-0.2, 0) is 5.75 Å². The molecule has 0 aliphatic carbocycles. The Morgan fingerprint density at radius 1 is 1.29 bits per heavy atom. The van der Waals surface area contributed by atoms with Gasteiger partial charge in [0, 0.05) is 5.75 Å². The van der Waals surface area contributed by atoms with Crippen molar-refractivity contribution in [2.75, 3.05) is 0 Å². The van der Waals surface area contributed by atoms with E-state index in [2.05, 4.69) is 35.3 Å². The summed E-state index contributed by atoms with van der Waals surface area (Å²) in [5, 5.41) is 17.4. The van der Waals surface area contributed by atoms with Crippen LogP contribution >= 0.6 is 11.8 Å². The van der Waals surface area contributed by atoms with Crippen molar-refractivity contribution in [2.24, 2.45) is 0 Å². The van der Waals surface area contributed by atoms with Gasteiger partial charge in [-0.05, 0) is 24.1 Å². The average molecular weight is 241 g/mol. The zero-order valence-corrected chi connectivity index (χ0v) is 10.2. The molecule has 17 heavy (non-hydrogen) atoms. The first-order valence-electron chi connectivity index (χ1n) is 5.20. The minimum absolute atomic E-state index is 0.582. The molecule has 84 valence electrons. The number of aryl methyl sites for hydroxylation is 1. The molecule has 0 fully saturated rings. The lowest BCUT2D eigenvalue weighted by atomic mass is 10.1. The van der Waals surface area contributed by atoms with E-state index in [1.807, 2.05) is 12.1 Å². The minimum Gasteiger partial charge on any atom is -0.192 e. The Morgan fingerprint density at radius 3 is 2.88 bits per heavy atom. The van der Waals surface area contributed by atoms with E-state index in [0.29, 0.717) is 10.6 Å². The van der Waals surface area contributed by atoms with Gasteiger partial charge in [0.2, 0.25) is 0 Å². The highest BCUT2D eigenvalue weighted by Gasteiger charge is 2.05. The van der Waals surface area contributed by atoms with E-state index in [1.165, 1.54) is 17.3 Å². The highest BCUT2D eigenvalue weighted by Crippen LogP contribution is 2.24. The SMILES string of the molecule is Cc1ccccc1CSc1nnccc1C#N. The lowest BCUT2D eigenvalue weighted by Gasteiger charge is -2.04. The highest BCUT2D eigenvalue weighted by molar-refractivity contribution is 7.98. The number of benzene rings is 1. The molecule has 2 aromatic rings. The smallest absolute Gasteiger partial charge is 0.137 e. The summed E-state index contributed by atoms with van der Waals surface area (Å²) >= 11 is 1.54. The highest BCUT2D eigenvalue weighted by atomic mass is 32.2. The first-order chi connectivity index (χ1) is 8.31. The molecule has 0 saturated heterocycles. The molecule has 0 unspecified atom stereocenters. The van der Waals surface area contributed by atoms with Crippen LogP contribution in [0.4, 0.5) is 0 Å². The molecule has 1 aromatic carbocycles. The predicted octanol–water partition coefficient (Wildman–Crippen LogP) is 2.95. The van der Waals surface area contributed by atoms with Gasteiger partial charge in [0.25, 0.3) is 0 Å². The van der Waals surface area contributed by atoms with Crippen molar-refractivity contribution >= 4 is 11.8 Å². The summed E-state index contributed by atoms with van der Waals surface area (Å²) in [5.74, 6) is 0.806. The van der Waals surface area contributed by atoms with E-state index in [9.17, 15) is 0 Å². The maximum absolute atomic E-state index is 8.94. The van der Waals surface area contributed by atoms with Gasteiger partial charge in [-0.2, -0.15) is 10.4 Å². The van der Waals surface area contributed by atoms with E-state index in [4.69, 9.17) is 5.26 Å². The lowest BCUT2D eigenvalue weighted by molar-refractivity contribution is 0.919. The minimum atomic E-state index is 0.582. The van der Waals surface area contributed by atoms with Gasteiger partial charge in [0.05, 0.1) is 11.8 Å². The molecule has 0 saturated carbocycles. The van der Waals surface area contributed by atoms with E-state index < -0.39 is 0 Å². The summed E-state index contributed by atoms with van der Waals surface area (Å²) in [7, 11) is 0. The fourth-order valence-corrected chi connectivity index (χ4v) is 2.42. The first kappa shape index (κ1) is 11.6. The number of hydrogen-bond acceptors (Lipinski definition) is 4. The van der Waals surface area contributed by atoms with Gasteiger partial charge in [0.15, 0.2) is 0 Å². The topological polar surface area (TPSA) is 49.6 Å². The van der Waals surface area contributed by atoms with Crippen molar-refractivity contribution in [3.63, 3.8) is 0 Å². The van der Waals surface area contributed by atoms with Gasteiger partial charge in [-0.1, -0.05) is 36.0 Å². The zero-order valence-electron chi connectivity index (χ0n) is 9.42. The van der Waals surface area contributed by atoms with Crippen LogP contribution in [0.3, 0.4) is 0 Å². The van der Waals surface area contributed by atoms with Crippen molar-refractivity contribution in [3.05, 3.63) is 53.2 Å². The number of nitrogens with zero attached hydrogens (tertiary/aromatic N) is 3. The number of thioether (sulfide) groups is 1. The molecule has 0 aliphatic rings. The summed E-state index contributed by atoms with van der Waals surface area (Å²) < 4.78 is 0. The molecule has 0 bridgehead atoms. The van der Waals surface area contributed by atoms with Crippen LogP contribution in [0.1, 0.15) is 16.7 Å². The standard InChI is InChI=1S/C13H11N3S/c1-10-4-2-3-5-12(10)9-17-13-11(8-14)6-7-15-16-13/h2-7H,9H2,1H3. The van der Waals surface area contributed by atoms with Crippen LogP contribution in [0.15, 0.2) is 41.6 Å². The van der Waals surface area contributed by atoms with E-state index >= 15 is 0 Å². The molecule has 0 N–H and O–H groups in total. The van der Waals surface area contributed by atoms with Gasteiger partial charge >= 0.3 is 0 Å². The van der Waals surface area contributed by atoms with Gasteiger partial charge in [0.1, 0.15) is 11.1 Å². The van der Waals surface area contributed by atoms with Crippen molar-refractivity contribution in [2.45, 2.75) is 17.7 Å². The molecule has 1 heterocycles. The molecule has 0 spiro atoms. The summed E-state index contributed by atoms with van der Waals surface area (Å²) in [6.45, 7) is 2.08. The Balaban J connectivity index is 2.13.